The molecule has 0 amide bonds. The first kappa shape index (κ1) is 12.9. The molecule has 1 N–H and O–H groups in total. The molecule has 1 aliphatic rings. The standard InChI is InChI=1S/C14H19NO3/c1-9-6-10(4-5-13(9)17-2)11-7-15-8-12(11)14(16)18-3/h4-6,11-12,15H,7-8H2,1-3H3. The Morgan fingerprint density at radius 1 is 1.33 bits per heavy atom. The minimum absolute atomic E-state index is 0.0946. The fourth-order valence-corrected chi connectivity index (χ4v) is 2.56. The van der Waals surface area contributed by atoms with E-state index in [0.29, 0.717) is 6.54 Å². The average Bonchev–Trinajstić information content (AvgIpc) is 2.86. The second kappa shape index (κ2) is 5.40. The van der Waals surface area contributed by atoms with Crippen LogP contribution in [0.2, 0.25) is 0 Å². The van der Waals surface area contributed by atoms with Crippen LogP contribution >= 0.6 is 0 Å². The number of hydrogen-bond donors (Lipinski definition) is 1. The molecule has 1 aromatic rings. The van der Waals surface area contributed by atoms with E-state index in [-0.39, 0.29) is 17.8 Å². The van der Waals surface area contributed by atoms with Crippen LogP contribution in [-0.2, 0) is 9.53 Å². The topological polar surface area (TPSA) is 47.6 Å². The molecule has 1 fully saturated rings. The summed E-state index contributed by atoms with van der Waals surface area (Å²) in [7, 11) is 3.10. The van der Waals surface area contributed by atoms with Crippen molar-refractivity contribution >= 4 is 5.97 Å². The van der Waals surface area contributed by atoms with E-state index in [4.69, 9.17) is 9.47 Å². The Kier molecular flexibility index (Phi) is 3.87. The highest BCUT2D eigenvalue weighted by atomic mass is 16.5. The van der Waals surface area contributed by atoms with Gasteiger partial charge in [-0.05, 0) is 24.1 Å². The number of aryl methyl sites for hydroxylation is 1. The van der Waals surface area contributed by atoms with E-state index in [2.05, 4.69) is 11.4 Å². The van der Waals surface area contributed by atoms with Crippen molar-refractivity contribution in [3.05, 3.63) is 29.3 Å². The summed E-state index contributed by atoms with van der Waals surface area (Å²) in [6, 6.07) is 6.07. The van der Waals surface area contributed by atoms with E-state index in [1.807, 2.05) is 19.1 Å². The molecule has 0 radical (unpaired) electrons. The maximum absolute atomic E-state index is 11.7. The molecule has 0 spiro atoms. The highest BCUT2D eigenvalue weighted by molar-refractivity contribution is 5.74. The monoisotopic (exact) mass is 249 g/mol. The number of hydrogen-bond acceptors (Lipinski definition) is 4. The fraction of sp³-hybridized carbons (Fsp3) is 0.500. The Bertz CT molecular complexity index is 445. The quantitative estimate of drug-likeness (QED) is 0.824. The van der Waals surface area contributed by atoms with Gasteiger partial charge < -0.3 is 14.8 Å². The summed E-state index contributed by atoms with van der Waals surface area (Å²) >= 11 is 0. The summed E-state index contributed by atoms with van der Waals surface area (Å²) in [6.45, 7) is 3.51. The molecule has 1 aliphatic heterocycles. The van der Waals surface area contributed by atoms with E-state index in [9.17, 15) is 4.79 Å². The molecule has 0 aliphatic carbocycles. The number of methoxy groups -OCH3 is 2. The Labute approximate surface area is 107 Å². The average molecular weight is 249 g/mol. The maximum Gasteiger partial charge on any atom is 0.310 e. The minimum atomic E-state index is -0.140. The van der Waals surface area contributed by atoms with Crippen molar-refractivity contribution in [3.8, 4) is 5.75 Å². The number of rotatable bonds is 3. The van der Waals surface area contributed by atoms with Gasteiger partial charge in [-0.15, -0.1) is 0 Å². The van der Waals surface area contributed by atoms with Gasteiger partial charge in [0.2, 0.25) is 0 Å². The van der Waals surface area contributed by atoms with Gasteiger partial charge in [0, 0.05) is 19.0 Å². The zero-order valence-electron chi connectivity index (χ0n) is 11.0. The molecule has 1 heterocycles. The lowest BCUT2D eigenvalue weighted by molar-refractivity contribution is -0.145. The van der Waals surface area contributed by atoms with Gasteiger partial charge in [0.15, 0.2) is 0 Å². The molecule has 0 saturated carbocycles. The molecule has 2 unspecified atom stereocenters. The van der Waals surface area contributed by atoms with Crippen molar-refractivity contribution in [1.29, 1.82) is 0 Å². The number of benzene rings is 1. The van der Waals surface area contributed by atoms with Crippen molar-refractivity contribution in [3.63, 3.8) is 0 Å². The van der Waals surface area contributed by atoms with Crippen LogP contribution in [0.15, 0.2) is 18.2 Å². The molecule has 4 heteroatoms. The molecule has 4 nitrogen and oxygen atoms in total. The number of nitrogens with one attached hydrogen (secondary N) is 1. The van der Waals surface area contributed by atoms with Gasteiger partial charge in [-0.1, -0.05) is 12.1 Å². The molecular formula is C14H19NO3. The summed E-state index contributed by atoms with van der Waals surface area (Å²) in [4.78, 5) is 11.7. The van der Waals surface area contributed by atoms with E-state index in [0.717, 1.165) is 23.4 Å². The molecule has 0 aromatic heterocycles. The molecular weight excluding hydrogens is 230 g/mol. The molecule has 2 rings (SSSR count). The number of ether oxygens (including phenoxy) is 2. The third kappa shape index (κ3) is 2.34. The summed E-state index contributed by atoms with van der Waals surface area (Å²) < 4.78 is 10.1. The van der Waals surface area contributed by atoms with Crippen molar-refractivity contribution in [2.45, 2.75) is 12.8 Å². The lowest BCUT2D eigenvalue weighted by atomic mass is 9.88. The Balaban J connectivity index is 2.25. The lowest BCUT2D eigenvalue weighted by Gasteiger charge is -2.18. The molecule has 2 atom stereocenters. The second-order valence-corrected chi connectivity index (χ2v) is 4.62. The SMILES string of the molecule is COC(=O)C1CNCC1c1ccc(OC)c(C)c1. The molecule has 1 aromatic carbocycles. The number of esters is 1. The van der Waals surface area contributed by atoms with Gasteiger partial charge in [-0.3, -0.25) is 4.79 Å². The molecule has 98 valence electrons. The Morgan fingerprint density at radius 3 is 2.72 bits per heavy atom. The first-order chi connectivity index (χ1) is 8.67. The van der Waals surface area contributed by atoms with Gasteiger partial charge >= 0.3 is 5.97 Å². The van der Waals surface area contributed by atoms with Gasteiger partial charge in [-0.25, -0.2) is 0 Å². The Hall–Kier alpha value is -1.55. The maximum atomic E-state index is 11.7. The smallest absolute Gasteiger partial charge is 0.310 e. The first-order valence-corrected chi connectivity index (χ1v) is 6.10. The van der Waals surface area contributed by atoms with Crippen molar-refractivity contribution in [1.82, 2.24) is 5.32 Å². The van der Waals surface area contributed by atoms with Crippen LogP contribution < -0.4 is 10.1 Å². The first-order valence-electron chi connectivity index (χ1n) is 6.10. The van der Waals surface area contributed by atoms with E-state index < -0.39 is 0 Å². The van der Waals surface area contributed by atoms with E-state index in [1.165, 1.54) is 7.11 Å². The van der Waals surface area contributed by atoms with Crippen molar-refractivity contribution in [2.24, 2.45) is 5.92 Å². The third-order valence-electron chi connectivity index (χ3n) is 3.57. The van der Waals surface area contributed by atoms with Crippen LogP contribution in [0.4, 0.5) is 0 Å². The normalized spacial score (nSPS) is 22.8. The predicted molar refractivity (Wildman–Crippen MR) is 68.8 cm³/mol. The summed E-state index contributed by atoms with van der Waals surface area (Å²) in [6.07, 6.45) is 0. The minimum Gasteiger partial charge on any atom is -0.496 e. The van der Waals surface area contributed by atoms with E-state index >= 15 is 0 Å². The second-order valence-electron chi connectivity index (χ2n) is 4.62. The molecule has 1 saturated heterocycles. The van der Waals surface area contributed by atoms with Gasteiger partial charge in [0.25, 0.3) is 0 Å². The van der Waals surface area contributed by atoms with Crippen LogP contribution in [-0.4, -0.2) is 33.3 Å². The van der Waals surface area contributed by atoms with Crippen LogP contribution in [0, 0.1) is 12.8 Å². The zero-order valence-corrected chi connectivity index (χ0v) is 11.0. The van der Waals surface area contributed by atoms with Crippen LogP contribution in [0.3, 0.4) is 0 Å². The fourth-order valence-electron chi connectivity index (χ4n) is 2.56. The van der Waals surface area contributed by atoms with Gasteiger partial charge in [0.1, 0.15) is 5.75 Å². The molecule has 0 bridgehead atoms. The zero-order chi connectivity index (χ0) is 13.1. The van der Waals surface area contributed by atoms with Crippen molar-refractivity contribution in [2.75, 3.05) is 27.3 Å². The largest absolute Gasteiger partial charge is 0.496 e. The van der Waals surface area contributed by atoms with E-state index in [1.54, 1.807) is 7.11 Å². The highest BCUT2D eigenvalue weighted by Gasteiger charge is 2.34. The number of carbonyl (C=O) groups excluding carboxylic acids is 1. The lowest BCUT2D eigenvalue weighted by Crippen LogP contribution is -2.23. The summed E-state index contributed by atoms with van der Waals surface area (Å²) in [5.41, 5.74) is 2.25. The third-order valence-corrected chi connectivity index (χ3v) is 3.57. The van der Waals surface area contributed by atoms with Crippen LogP contribution in [0.1, 0.15) is 17.0 Å². The van der Waals surface area contributed by atoms with Crippen LogP contribution in [0.25, 0.3) is 0 Å². The predicted octanol–water partition coefficient (Wildman–Crippen LogP) is 1.48. The summed E-state index contributed by atoms with van der Waals surface area (Å²) in [5.74, 6) is 0.822. The number of carbonyl (C=O) groups is 1. The highest BCUT2D eigenvalue weighted by Crippen LogP contribution is 2.31. The van der Waals surface area contributed by atoms with Gasteiger partial charge in [0.05, 0.1) is 20.1 Å². The molecule has 18 heavy (non-hydrogen) atoms. The van der Waals surface area contributed by atoms with Crippen molar-refractivity contribution < 1.29 is 14.3 Å². The Morgan fingerprint density at radius 2 is 2.11 bits per heavy atom. The van der Waals surface area contributed by atoms with Crippen LogP contribution in [0.5, 0.6) is 5.75 Å². The van der Waals surface area contributed by atoms with Gasteiger partial charge in [-0.2, -0.15) is 0 Å². The summed E-state index contributed by atoms with van der Waals surface area (Å²) in [5, 5.41) is 3.25.